The molecule has 0 aromatic rings. The van der Waals surface area contributed by atoms with E-state index in [0.717, 1.165) is 24.9 Å². The molecule has 24 heavy (non-hydrogen) atoms. The van der Waals surface area contributed by atoms with Crippen molar-refractivity contribution in [2.24, 2.45) is 16.8 Å². The van der Waals surface area contributed by atoms with Crippen molar-refractivity contribution < 1.29 is 0 Å². The summed E-state index contributed by atoms with van der Waals surface area (Å²) in [7, 11) is 0. The van der Waals surface area contributed by atoms with Gasteiger partial charge in [0, 0.05) is 26.2 Å². The third kappa shape index (κ3) is 6.70. The Balaban J connectivity index is 0.00000288. The molecule has 142 valence electrons. The number of halogens is 1. The molecular formula is C19H39IN4. The molecule has 0 aromatic heterocycles. The lowest BCUT2D eigenvalue weighted by Crippen LogP contribution is -2.40. The molecule has 4 nitrogen and oxygen atoms in total. The second kappa shape index (κ2) is 12.3. The lowest BCUT2D eigenvalue weighted by atomic mass is 9.82. The SMILES string of the molecule is CCNC(=NCCCCN(CC)CC)N1CC2CCCCC2C1.I. The van der Waals surface area contributed by atoms with Crippen LogP contribution in [-0.2, 0) is 0 Å². The predicted octanol–water partition coefficient (Wildman–Crippen LogP) is 3.81. The Bertz CT molecular complexity index is 343. The molecule has 0 radical (unpaired) electrons. The average Bonchev–Trinajstić information content (AvgIpc) is 3.01. The number of fused-ring (bicyclic) bond motifs is 1. The Kier molecular flexibility index (Phi) is 11.3. The first-order chi connectivity index (χ1) is 11.3. The summed E-state index contributed by atoms with van der Waals surface area (Å²) in [6.45, 7) is 14.6. The largest absolute Gasteiger partial charge is 0.357 e. The molecule has 1 aliphatic heterocycles. The van der Waals surface area contributed by atoms with Crippen LogP contribution >= 0.6 is 24.0 Å². The number of likely N-dealkylation sites (tertiary alicyclic amines) is 1. The molecule has 1 aliphatic carbocycles. The van der Waals surface area contributed by atoms with E-state index in [9.17, 15) is 0 Å². The Morgan fingerprint density at radius 2 is 1.67 bits per heavy atom. The van der Waals surface area contributed by atoms with Crippen LogP contribution in [0.5, 0.6) is 0 Å². The first-order valence-corrected chi connectivity index (χ1v) is 10.0. The highest BCUT2D eigenvalue weighted by atomic mass is 127. The van der Waals surface area contributed by atoms with Crippen LogP contribution in [0.4, 0.5) is 0 Å². The van der Waals surface area contributed by atoms with Crippen LogP contribution in [0.15, 0.2) is 4.99 Å². The van der Waals surface area contributed by atoms with Crippen LogP contribution < -0.4 is 5.32 Å². The van der Waals surface area contributed by atoms with E-state index in [-0.39, 0.29) is 24.0 Å². The third-order valence-electron chi connectivity index (χ3n) is 5.65. The van der Waals surface area contributed by atoms with Gasteiger partial charge < -0.3 is 15.1 Å². The summed E-state index contributed by atoms with van der Waals surface area (Å²) in [5, 5.41) is 3.52. The summed E-state index contributed by atoms with van der Waals surface area (Å²) in [4.78, 5) is 9.95. The molecule has 1 N–H and O–H groups in total. The molecule has 1 heterocycles. The first kappa shape index (κ1) is 22.0. The fourth-order valence-corrected chi connectivity index (χ4v) is 4.18. The number of aliphatic imine (C=N–C) groups is 1. The molecule has 1 saturated heterocycles. The van der Waals surface area contributed by atoms with Crippen molar-refractivity contribution >= 4 is 29.9 Å². The summed E-state index contributed by atoms with van der Waals surface area (Å²) in [6, 6.07) is 0. The van der Waals surface area contributed by atoms with Crippen molar-refractivity contribution in [3.63, 3.8) is 0 Å². The molecule has 2 fully saturated rings. The van der Waals surface area contributed by atoms with Crippen LogP contribution in [0.2, 0.25) is 0 Å². The van der Waals surface area contributed by atoms with Crippen LogP contribution in [0.25, 0.3) is 0 Å². The molecule has 2 unspecified atom stereocenters. The van der Waals surface area contributed by atoms with Gasteiger partial charge in [-0.1, -0.05) is 26.7 Å². The van der Waals surface area contributed by atoms with E-state index < -0.39 is 0 Å². The third-order valence-corrected chi connectivity index (χ3v) is 5.65. The van der Waals surface area contributed by atoms with Crippen molar-refractivity contribution in [2.45, 2.75) is 59.3 Å². The first-order valence-electron chi connectivity index (χ1n) is 10.0. The van der Waals surface area contributed by atoms with E-state index in [1.54, 1.807) is 0 Å². The Morgan fingerprint density at radius 1 is 1.04 bits per heavy atom. The zero-order valence-electron chi connectivity index (χ0n) is 16.1. The number of hydrogen-bond donors (Lipinski definition) is 1. The van der Waals surface area contributed by atoms with E-state index in [0.29, 0.717) is 0 Å². The summed E-state index contributed by atoms with van der Waals surface area (Å²) in [5.74, 6) is 3.02. The number of unbranched alkanes of at least 4 members (excludes halogenated alkanes) is 1. The van der Waals surface area contributed by atoms with E-state index in [4.69, 9.17) is 4.99 Å². The van der Waals surface area contributed by atoms with Gasteiger partial charge in [-0.15, -0.1) is 24.0 Å². The molecule has 2 aliphatic rings. The summed E-state index contributed by atoms with van der Waals surface area (Å²) < 4.78 is 0. The van der Waals surface area contributed by atoms with Crippen molar-refractivity contribution in [1.82, 2.24) is 15.1 Å². The van der Waals surface area contributed by atoms with Crippen LogP contribution in [-0.4, -0.2) is 61.6 Å². The van der Waals surface area contributed by atoms with E-state index in [1.165, 1.54) is 77.2 Å². The maximum absolute atomic E-state index is 4.91. The molecule has 0 amide bonds. The molecule has 5 heteroatoms. The minimum absolute atomic E-state index is 0. The monoisotopic (exact) mass is 450 g/mol. The summed E-state index contributed by atoms with van der Waals surface area (Å²) in [5.41, 5.74) is 0. The normalized spacial score (nSPS) is 24.0. The number of guanidine groups is 1. The van der Waals surface area contributed by atoms with Gasteiger partial charge in [0.2, 0.25) is 0 Å². The second-order valence-corrected chi connectivity index (χ2v) is 7.18. The predicted molar refractivity (Wildman–Crippen MR) is 115 cm³/mol. The standard InChI is InChI=1S/C19H38N4.HI/c1-4-20-19(21-13-9-10-14-22(5-2)6-3)23-15-17-11-7-8-12-18(17)16-23;/h17-18H,4-16H2,1-3H3,(H,20,21);1H. The minimum Gasteiger partial charge on any atom is -0.357 e. The highest BCUT2D eigenvalue weighted by Gasteiger charge is 2.35. The maximum Gasteiger partial charge on any atom is 0.193 e. The molecule has 2 atom stereocenters. The fraction of sp³-hybridized carbons (Fsp3) is 0.947. The van der Waals surface area contributed by atoms with Gasteiger partial charge in [-0.2, -0.15) is 0 Å². The fourth-order valence-electron chi connectivity index (χ4n) is 4.18. The zero-order valence-corrected chi connectivity index (χ0v) is 18.4. The quantitative estimate of drug-likeness (QED) is 0.264. The number of rotatable bonds is 8. The molecule has 0 spiro atoms. The lowest BCUT2D eigenvalue weighted by Gasteiger charge is -2.22. The van der Waals surface area contributed by atoms with Crippen LogP contribution in [0, 0.1) is 11.8 Å². The highest BCUT2D eigenvalue weighted by molar-refractivity contribution is 14.0. The topological polar surface area (TPSA) is 30.9 Å². The Labute approximate surface area is 166 Å². The average molecular weight is 450 g/mol. The highest BCUT2D eigenvalue weighted by Crippen LogP contribution is 2.35. The maximum atomic E-state index is 4.91. The van der Waals surface area contributed by atoms with Gasteiger partial charge in [-0.25, -0.2) is 0 Å². The van der Waals surface area contributed by atoms with Gasteiger partial charge in [-0.3, -0.25) is 4.99 Å². The van der Waals surface area contributed by atoms with E-state index in [1.807, 2.05) is 0 Å². The molecule has 1 saturated carbocycles. The number of nitrogens with zero attached hydrogens (tertiary/aromatic N) is 3. The van der Waals surface area contributed by atoms with Crippen LogP contribution in [0.3, 0.4) is 0 Å². The zero-order chi connectivity index (χ0) is 16.5. The van der Waals surface area contributed by atoms with Gasteiger partial charge in [-0.05, 0) is 64.1 Å². The van der Waals surface area contributed by atoms with Gasteiger partial charge in [0.15, 0.2) is 5.96 Å². The van der Waals surface area contributed by atoms with Crippen molar-refractivity contribution in [3.05, 3.63) is 0 Å². The summed E-state index contributed by atoms with van der Waals surface area (Å²) in [6.07, 6.45) is 8.21. The summed E-state index contributed by atoms with van der Waals surface area (Å²) >= 11 is 0. The lowest BCUT2D eigenvalue weighted by molar-refractivity contribution is 0.297. The Morgan fingerprint density at radius 3 is 2.21 bits per heavy atom. The second-order valence-electron chi connectivity index (χ2n) is 7.18. The van der Waals surface area contributed by atoms with Gasteiger partial charge in [0.25, 0.3) is 0 Å². The molecule has 2 rings (SSSR count). The molecule has 0 bridgehead atoms. The van der Waals surface area contributed by atoms with Crippen molar-refractivity contribution in [1.29, 1.82) is 0 Å². The van der Waals surface area contributed by atoms with Gasteiger partial charge in [0.1, 0.15) is 0 Å². The van der Waals surface area contributed by atoms with Crippen LogP contribution in [0.1, 0.15) is 59.3 Å². The van der Waals surface area contributed by atoms with Crippen molar-refractivity contribution in [3.8, 4) is 0 Å². The number of hydrogen-bond acceptors (Lipinski definition) is 2. The smallest absolute Gasteiger partial charge is 0.193 e. The van der Waals surface area contributed by atoms with E-state index in [2.05, 4.69) is 35.9 Å². The van der Waals surface area contributed by atoms with Gasteiger partial charge >= 0.3 is 0 Å². The Hall–Kier alpha value is -0.0400. The minimum atomic E-state index is 0. The number of nitrogens with one attached hydrogen (secondary N) is 1. The molecule has 0 aromatic carbocycles. The van der Waals surface area contributed by atoms with E-state index >= 15 is 0 Å². The van der Waals surface area contributed by atoms with Gasteiger partial charge in [0.05, 0.1) is 0 Å². The molecular weight excluding hydrogens is 411 g/mol. The van der Waals surface area contributed by atoms with Crippen molar-refractivity contribution in [2.75, 3.05) is 45.8 Å².